The fourth-order valence-corrected chi connectivity index (χ4v) is 0.869. The first-order valence-corrected chi connectivity index (χ1v) is 3.84. The van der Waals surface area contributed by atoms with E-state index in [4.69, 9.17) is 9.47 Å². The normalized spacial score (nSPS) is 18.2. The Balaban J connectivity index is 0.000000980. The summed E-state index contributed by atoms with van der Waals surface area (Å²) in [6.07, 6.45) is -0.426. The maximum absolute atomic E-state index is 12.4. The van der Waals surface area contributed by atoms with Gasteiger partial charge in [-0.1, -0.05) is 0 Å². The van der Waals surface area contributed by atoms with Crippen molar-refractivity contribution in [2.75, 3.05) is 6.61 Å². The third kappa shape index (κ3) is 3.41. The predicted molar refractivity (Wildman–Crippen MR) is 48.9 cm³/mol. The fourth-order valence-electron chi connectivity index (χ4n) is 0.869. The third-order valence-corrected chi connectivity index (χ3v) is 1.63. The summed E-state index contributed by atoms with van der Waals surface area (Å²) in [5.74, 6) is -0.448. The first-order valence-electron chi connectivity index (χ1n) is 3.84. The number of ether oxygens (including phenoxy) is 2. The second-order valence-corrected chi connectivity index (χ2v) is 2.70. The molecule has 1 fully saturated rings. The van der Waals surface area contributed by atoms with E-state index >= 15 is 0 Å². The molecule has 0 saturated carbocycles. The Morgan fingerprint density at radius 2 is 2.00 bits per heavy atom. The van der Waals surface area contributed by atoms with Crippen molar-refractivity contribution in [1.82, 2.24) is 0 Å². The zero-order chi connectivity index (χ0) is 9.26. The van der Waals surface area contributed by atoms with Crippen LogP contribution in [0.25, 0.3) is 0 Å². The summed E-state index contributed by atoms with van der Waals surface area (Å²) >= 11 is 0. The molecule has 1 aliphatic heterocycles. The van der Waals surface area contributed by atoms with Gasteiger partial charge in [0.2, 0.25) is 0 Å². The molecule has 14 heavy (non-hydrogen) atoms. The average molecular weight is 222 g/mol. The molecule has 0 radical (unpaired) electrons. The Bertz CT molecular complexity index is 321. The minimum atomic E-state index is -0.426. The molecule has 1 heterocycles. The summed E-state index contributed by atoms with van der Waals surface area (Å²) in [4.78, 5) is 11.0. The second kappa shape index (κ2) is 5.34. The first-order chi connectivity index (χ1) is 6.25. The van der Waals surface area contributed by atoms with Crippen LogP contribution in [-0.2, 0) is 9.53 Å². The number of halogens is 1. The van der Waals surface area contributed by atoms with E-state index in [2.05, 4.69) is 0 Å². The molecule has 1 atom stereocenters. The Morgan fingerprint density at radius 3 is 2.50 bits per heavy atom. The topological polar surface area (TPSA) is 38.8 Å². The molecule has 0 aromatic heterocycles. The van der Waals surface area contributed by atoms with Crippen LogP contribution in [0.1, 0.15) is 0 Å². The average Bonchev–Trinajstić information content (AvgIpc) is 2.91. The molecule has 1 aliphatic rings. The molecule has 1 unspecified atom stereocenters. The van der Waals surface area contributed by atoms with Crippen LogP contribution in [0.15, 0.2) is 24.3 Å². The zero-order valence-corrected chi connectivity index (χ0v) is 6.70. The van der Waals surface area contributed by atoms with E-state index in [9.17, 15) is 9.18 Å². The zero-order valence-electron chi connectivity index (χ0n) is 6.70. The standard InChI is InChI=1S/C9H7FO3.K.H/c10-6-1-3-7(4-2-6)13-9(11)8-5-12-8;;/h1-4,8H,5H2;;. The van der Waals surface area contributed by atoms with E-state index < -0.39 is 12.1 Å². The van der Waals surface area contributed by atoms with E-state index in [0.29, 0.717) is 12.4 Å². The van der Waals surface area contributed by atoms with E-state index in [-0.39, 0.29) is 57.2 Å². The molecule has 5 heteroatoms. The second-order valence-electron chi connectivity index (χ2n) is 2.70. The first kappa shape index (κ1) is 12.3. The molecule has 1 aromatic rings. The van der Waals surface area contributed by atoms with Crippen LogP contribution in [0.5, 0.6) is 5.75 Å². The van der Waals surface area contributed by atoms with Gasteiger partial charge in [0.1, 0.15) is 11.6 Å². The van der Waals surface area contributed by atoms with Gasteiger partial charge < -0.3 is 9.47 Å². The third-order valence-electron chi connectivity index (χ3n) is 1.63. The molecule has 0 spiro atoms. The van der Waals surface area contributed by atoms with Gasteiger partial charge in [0.05, 0.1) is 6.61 Å². The van der Waals surface area contributed by atoms with Crippen molar-refractivity contribution in [3.05, 3.63) is 30.1 Å². The van der Waals surface area contributed by atoms with Gasteiger partial charge in [-0.25, -0.2) is 9.18 Å². The molecule has 0 aliphatic carbocycles. The van der Waals surface area contributed by atoms with E-state index in [1.807, 2.05) is 0 Å². The number of epoxide rings is 1. The molecule has 1 aromatic carbocycles. The summed E-state index contributed by atoms with van der Waals surface area (Å²) in [6, 6.07) is 5.26. The van der Waals surface area contributed by atoms with Crippen molar-refractivity contribution < 1.29 is 18.7 Å². The summed E-state index contributed by atoms with van der Waals surface area (Å²) in [6.45, 7) is 0.417. The Kier molecular flexibility index (Phi) is 4.69. The number of carbonyl (C=O) groups is 1. The summed E-state index contributed by atoms with van der Waals surface area (Å²) in [5, 5.41) is 0. The Labute approximate surface area is 123 Å². The van der Waals surface area contributed by atoms with E-state index in [1.165, 1.54) is 24.3 Å². The van der Waals surface area contributed by atoms with Gasteiger partial charge in [0.15, 0.2) is 6.10 Å². The van der Waals surface area contributed by atoms with Gasteiger partial charge >= 0.3 is 57.4 Å². The number of benzene rings is 1. The Hall–Kier alpha value is 0.216. The minimum absolute atomic E-state index is 0. The van der Waals surface area contributed by atoms with E-state index in [0.717, 1.165) is 0 Å². The van der Waals surface area contributed by atoms with Crippen LogP contribution >= 0.6 is 0 Å². The molecular formula is C9H8FKO3. The molecule has 0 amide bonds. The molecule has 0 N–H and O–H groups in total. The van der Waals surface area contributed by atoms with Crippen molar-refractivity contribution in [3.63, 3.8) is 0 Å². The van der Waals surface area contributed by atoms with Crippen molar-refractivity contribution >= 4 is 57.4 Å². The number of esters is 1. The number of hydrogen-bond donors (Lipinski definition) is 0. The SMILES string of the molecule is O=C(Oc1ccc(F)cc1)C1CO1.[KH]. The van der Waals surface area contributed by atoms with Crippen LogP contribution in [-0.4, -0.2) is 70.1 Å². The van der Waals surface area contributed by atoms with Crippen LogP contribution < -0.4 is 4.74 Å². The molecule has 3 nitrogen and oxygen atoms in total. The fraction of sp³-hybridized carbons (Fsp3) is 0.222. The van der Waals surface area contributed by atoms with Crippen molar-refractivity contribution in [3.8, 4) is 5.75 Å². The van der Waals surface area contributed by atoms with Gasteiger partial charge in [0.25, 0.3) is 0 Å². The molecule has 0 bridgehead atoms. The van der Waals surface area contributed by atoms with Crippen LogP contribution in [0, 0.1) is 5.82 Å². The van der Waals surface area contributed by atoms with Gasteiger partial charge in [-0.3, -0.25) is 0 Å². The van der Waals surface area contributed by atoms with E-state index in [1.54, 1.807) is 0 Å². The maximum atomic E-state index is 12.4. The predicted octanol–water partition coefficient (Wildman–Crippen LogP) is 0.481. The molecular weight excluding hydrogens is 214 g/mol. The Morgan fingerprint density at radius 1 is 1.43 bits per heavy atom. The van der Waals surface area contributed by atoms with Gasteiger partial charge in [-0.2, -0.15) is 0 Å². The molecule has 2 rings (SSSR count). The van der Waals surface area contributed by atoms with Crippen molar-refractivity contribution in [1.29, 1.82) is 0 Å². The molecule has 1 saturated heterocycles. The number of rotatable bonds is 2. The molecule has 70 valence electrons. The van der Waals surface area contributed by atoms with Crippen LogP contribution in [0.2, 0.25) is 0 Å². The summed E-state index contributed by atoms with van der Waals surface area (Å²) in [7, 11) is 0. The van der Waals surface area contributed by atoms with Crippen molar-refractivity contribution in [2.24, 2.45) is 0 Å². The van der Waals surface area contributed by atoms with Crippen LogP contribution in [0.3, 0.4) is 0 Å². The van der Waals surface area contributed by atoms with Crippen LogP contribution in [0.4, 0.5) is 4.39 Å². The summed E-state index contributed by atoms with van der Waals surface area (Å²) in [5.41, 5.74) is 0. The van der Waals surface area contributed by atoms with Gasteiger partial charge in [-0.15, -0.1) is 0 Å². The summed E-state index contributed by atoms with van der Waals surface area (Å²) < 4.78 is 22.0. The van der Waals surface area contributed by atoms with Gasteiger partial charge in [-0.05, 0) is 24.3 Å². The number of hydrogen-bond acceptors (Lipinski definition) is 3. The monoisotopic (exact) mass is 222 g/mol. The van der Waals surface area contributed by atoms with Gasteiger partial charge in [0, 0.05) is 0 Å². The van der Waals surface area contributed by atoms with Crippen molar-refractivity contribution in [2.45, 2.75) is 6.10 Å². The quantitative estimate of drug-likeness (QED) is 0.316. The number of carbonyl (C=O) groups excluding carboxylic acids is 1.